The Kier molecular flexibility index (Phi) is 7.41. The van der Waals surface area contributed by atoms with E-state index in [-0.39, 0.29) is 39.9 Å². The molecule has 1 aliphatic heterocycles. The predicted molar refractivity (Wildman–Crippen MR) is 134 cm³/mol. The monoisotopic (exact) mass is 530 g/mol. The maximum absolute atomic E-state index is 15.8. The average molecular weight is 531 g/mol. The molecule has 37 heavy (non-hydrogen) atoms. The third-order valence-electron chi connectivity index (χ3n) is 5.40. The van der Waals surface area contributed by atoms with E-state index in [9.17, 15) is 19.7 Å². The van der Waals surface area contributed by atoms with Gasteiger partial charge < -0.3 is 10.1 Å². The van der Waals surface area contributed by atoms with E-state index in [2.05, 4.69) is 15.6 Å². The Morgan fingerprint density at radius 1 is 1.35 bits per heavy atom. The fraction of sp³-hybridized carbons (Fsp3) is 0.333. The molecule has 1 heterocycles. The van der Waals surface area contributed by atoms with E-state index in [0.717, 1.165) is 17.0 Å². The molecule has 194 valence electrons. The molecule has 3 rings (SSSR count). The van der Waals surface area contributed by atoms with Crippen LogP contribution in [0.5, 0.6) is 0 Å². The molecule has 0 radical (unpaired) electrons. The van der Waals surface area contributed by atoms with Crippen molar-refractivity contribution < 1.29 is 23.6 Å². The molecular weight excluding hydrogens is 507 g/mol. The number of nitrogens with zero attached hydrogens (tertiary/aromatic N) is 4. The number of anilines is 2. The highest BCUT2D eigenvalue weighted by atomic mass is 35.5. The summed E-state index contributed by atoms with van der Waals surface area (Å²) in [6.45, 7) is 6.55. The molecule has 2 N–H and O–H groups in total. The van der Waals surface area contributed by atoms with Crippen LogP contribution in [-0.4, -0.2) is 40.4 Å². The molecule has 13 heteroatoms. The summed E-state index contributed by atoms with van der Waals surface area (Å²) in [4.78, 5) is 41.4. The third-order valence-corrected chi connectivity index (χ3v) is 5.72. The van der Waals surface area contributed by atoms with Crippen LogP contribution in [0.3, 0.4) is 0 Å². The average Bonchev–Trinajstić information content (AvgIpc) is 2.77. The number of aliphatic imine (C=N–C) groups is 1. The number of carbonyl (C=O) groups is 2. The van der Waals surface area contributed by atoms with Gasteiger partial charge in [0.2, 0.25) is 11.9 Å². The van der Waals surface area contributed by atoms with Gasteiger partial charge in [0.05, 0.1) is 33.2 Å². The summed E-state index contributed by atoms with van der Waals surface area (Å²) in [7, 11) is 1.42. The first-order chi connectivity index (χ1) is 17.1. The van der Waals surface area contributed by atoms with E-state index in [1.165, 1.54) is 32.2 Å². The Morgan fingerprint density at radius 2 is 2.03 bits per heavy atom. The number of amides is 2. The molecule has 0 unspecified atom stereocenters. The smallest absolute Gasteiger partial charge is 0.414 e. The van der Waals surface area contributed by atoms with E-state index in [0.29, 0.717) is 0 Å². The van der Waals surface area contributed by atoms with Crippen molar-refractivity contribution in [3.05, 3.63) is 62.4 Å². The van der Waals surface area contributed by atoms with Gasteiger partial charge in [0.25, 0.3) is 5.69 Å². The Morgan fingerprint density at radius 3 is 2.62 bits per heavy atom. The van der Waals surface area contributed by atoms with Crippen molar-refractivity contribution in [3.8, 4) is 6.07 Å². The second-order valence-electron chi connectivity index (χ2n) is 9.48. The molecule has 2 aromatic rings. The number of hydrogen-bond acceptors (Lipinski definition) is 8. The minimum Gasteiger partial charge on any atom is -0.444 e. The van der Waals surface area contributed by atoms with Gasteiger partial charge in [0.1, 0.15) is 17.4 Å². The van der Waals surface area contributed by atoms with E-state index in [1.54, 1.807) is 26.8 Å². The minimum atomic E-state index is -1.43. The Bertz CT molecular complexity index is 1370. The molecule has 0 fully saturated rings. The van der Waals surface area contributed by atoms with Crippen LogP contribution in [0.25, 0.3) is 0 Å². The number of benzene rings is 2. The molecule has 0 saturated heterocycles. The topological polar surface area (TPSA) is 150 Å². The number of guanidine groups is 1. The molecule has 1 aliphatic rings. The number of nitro groups is 1. The van der Waals surface area contributed by atoms with Crippen molar-refractivity contribution in [3.63, 3.8) is 0 Å². The first-order valence-corrected chi connectivity index (χ1v) is 11.3. The fourth-order valence-electron chi connectivity index (χ4n) is 3.63. The van der Waals surface area contributed by atoms with Gasteiger partial charge in [-0.25, -0.2) is 14.2 Å². The molecule has 0 aliphatic carbocycles. The van der Waals surface area contributed by atoms with Crippen molar-refractivity contribution in [1.82, 2.24) is 10.2 Å². The van der Waals surface area contributed by atoms with E-state index in [4.69, 9.17) is 21.6 Å². The van der Waals surface area contributed by atoms with Crippen LogP contribution < -0.4 is 10.6 Å². The first kappa shape index (κ1) is 27.3. The number of rotatable bonds is 4. The van der Waals surface area contributed by atoms with Crippen molar-refractivity contribution in [2.45, 2.75) is 45.3 Å². The number of carbonyl (C=O) groups excluding carboxylic acids is 2. The van der Waals surface area contributed by atoms with Crippen molar-refractivity contribution in [1.29, 1.82) is 5.26 Å². The number of nitro benzene ring substituents is 1. The number of alkyl carbamates (subject to hydrolysis) is 1. The van der Waals surface area contributed by atoms with Crippen LogP contribution in [-0.2, 0) is 15.1 Å². The van der Waals surface area contributed by atoms with Gasteiger partial charge in [0.15, 0.2) is 5.82 Å². The van der Waals surface area contributed by atoms with Crippen LogP contribution in [0.1, 0.15) is 45.2 Å². The lowest BCUT2D eigenvalue weighted by molar-refractivity contribution is -0.383. The second kappa shape index (κ2) is 10.0. The third kappa shape index (κ3) is 5.95. The van der Waals surface area contributed by atoms with Gasteiger partial charge in [-0.2, -0.15) is 5.26 Å². The summed E-state index contributed by atoms with van der Waals surface area (Å²) >= 11 is 6.03. The highest BCUT2D eigenvalue weighted by Crippen LogP contribution is 2.39. The Hall–Kier alpha value is -4.24. The van der Waals surface area contributed by atoms with Gasteiger partial charge in [-0.05, 0) is 39.8 Å². The van der Waals surface area contributed by atoms with E-state index < -0.39 is 39.6 Å². The Balaban J connectivity index is 2.03. The SMILES string of the molecule is CN1C(=O)C[C@@](C)(c2cccc(Nc3cc(Cl)c(C#N)cc3[N+](=O)[O-])c2F)N=C1NC(=O)OC(C)(C)C. The predicted octanol–water partition coefficient (Wildman–Crippen LogP) is 4.96. The second-order valence-corrected chi connectivity index (χ2v) is 9.88. The van der Waals surface area contributed by atoms with Crippen LogP contribution >= 0.6 is 11.6 Å². The summed E-state index contributed by atoms with van der Waals surface area (Å²) in [6.07, 6.45) is -1.05. The summed E-state index contributed by atoms with van der Waals surface area (Å²) in [5.74, 6) is -1.38. The molecule has 1 atom stereocenters. The molecule has 2 amide bonds. The molecule has 0 aromatic heterocycles. The summed E-state index contributed by atoms with van der Waals surface area (Å²) < 4.78 is 21.0. The number of ether oxygens (including phenoxy) is 1. The zero-order valence-electron chi connectivity index (χ0n) is 20.7. The zero-order valence-corrected chi connectivity index (χ0v) is 21.4. The highest BCUT2D eigenvalue weighted by molar-refractivity contribution is 6.32. The summed E-state index contributed by atoms with van der Waals surface area (Å²) in [5, 5.41) is 25.7. The molecule has 0 spiro atoms. The summed E-state index contributed by atoms with van der Waals surface area (Å²) in [6, 6.07) is 8.17. The van der Waals surface area contributed by atoms with Crippen LogP contribution in [0.2, 0.25) is 5.02 Å². The lowest BCUT2D eigenvalue weighted by Gasteiger charge is -2.35. The van der Waals surface area contributed by atoms with Gasteiger partial charge >= 0.3 is 6.09 Å². The van der Waals surface area contributed by atoms with Crippen LogP contribution in [0.15, 0.2) is 35.3 Å². The zero-order chi connectivity index (χ0) is 27.7. The number of nitriles is 1. The van der Waals surface area contributed by atoms with Crippen LogP contribution in [0, 0.1) is 27.3 Å². The number of halogens is 2. The largest absolute Gasteiger partial charge is 0.444 e. The van der Waals surface area contributed by atoms with E-state index >= 15 is 4.39 Å². The van der Waals surface area contributed by atoms with Gasteiger partial charge in [-0.3, -0.25) is 25.1 Å². The molecule has 0 saturated carbocycles. The maximum atomic E-state index is 15.8. The molecular formula is C24H24ClFN6O5. The van der Waals surface area contributed by atoms with Crippen molar-refractivity contribution >= 4 is 46.6 Å². The first-order valence-electron chi connectivity index (χ1n) is 11.0. The fourth-order valence-corrected chi connectivity index (χ4v) is 3.84. The molecule has 2 aromatic carbocycles. The summed E-state index contributed by atoms with van der Waals surface area (Å²) in [5.41, 5.74) is -3.09. The molecule has 11 nitrogen and oxygen atoms in total. The standard InChI is InChI=1S/C24H24ClFN6O5/c1-23(2,3)37-22(34)29-21-30-24(4,11-19(33)31(21)5)14-7-6-8-16(20(14)26)28-17-10-15(25)13(12-27)9-18(17)32(35)36/h6-10,28H,11H2,1-5H3,(H,29,30,34)/t24-/m0/s1. The highest BCUT2D eigenvalue weighted by Gasteiger charge is 2.40. The maximum Gasteiger partial charge on any atom is 0.414 e. The van der Waals surface area contributed by atoms with E-state index in [1.807, 2.05) is 0 Å². The number of hydrogen-bond donors (Lipinski definition) is 2. The number of nitrogens with one attached hydrogen (secondary N) is 2. The van der Waals surface area contributed by atoms with Gasteiger partial charge in [-0.1, -0.05) is 23.7 Å². The molecule has 0 bridgehead atoms. The normalized spacial score (nSPS) is 17.5. The van der Waals surface area contributed by atoms with Gasteiger partial charge in [0, 0.05) is 18.7 Å². The van der Waals surface area contributed by atoms with Gasteiger partial charge in [-0.15, -0.1) is 0 Å². The lowest BCUT2D eigenvalue weighted by atomic mass is 9.87. The van der Waals surface area contributed by atoms with Crippen molar-refractivity contribution in [2.24, 2.45) is 4.99 Å². The minimum absolute atomic E-state index is 0.00448. The quantitative estimate of drug-likeness (QED) is 0.419. The van der Waals surface area contributed by atoms with Crippen molar-refractivity contribution in [2.75, 3.05) is 12.4 Å². The van der Waals surface area contributed by atoms with Crippen LogP contribution in [0.4, 0.5) is 26.2 Å². The Labute approximate surface area is 217 Å². The lowest BCUT2D eigenvalue weighted by Crippen LogP contribution is -2.52.